The number of furan rings is 1. The minimum atomic E-state index is -0.301. The van der Waals surface area contributed by atoms with E-state index in [1.54, 1.807) is 17.2 Å². The minimum absolute atomic E-state index is 0.00249. The predicted octanol–water partition coefficient (Wildman–Crippen LogP) is 2.79. The van der Waals surface area contributed by atoms with E-state index in [9.17, 15) is 9.59 Å². The van der Waals surface area contributed by atoms with E-state index in [0.717, 1.165) is 31.0 Å². The quantitative estimate of drug-likeness (QED) is 0.723. The van der Waals surface area contributed by atoms with Gasteiger partial charge >= 0.3 is 0 Å². The van der Waals surface area contributed by atoms with E-state index in [1.165, 1.54) is 5.56 Å². The van der Waals surface area contributed by atoms with Gasteiger partial charge in [0.1, 0.15) is 5.76 Å². The Morgan fingerprint density at radius 2 is 1.89 bits per heavy atom. The molecule has 2 aromatic rings. The van der Waals surface area contributed by atoms with Gasteiger partial charge in [-0.15, -0.1) is 0 Å². The number of amides is 2. The lowest BCUT2D eigenvalue weighted by atomic mass is 10.1. The van der Waals surface area contributed by atoms with E-state index in [-0.39, 0.29) is 24.2 Å². The second kappa shape index (κ2) is 9.55. The van der Waals surface area contributed by atoms with Crippen molar-refractivity contribution in [2.24, 2.45) is 5.92 Å². The van der Waals surface area contributed by atoms with Gasteiger partial charge in [0.05, 0.1) is 18.7 Å². The average molecular weight is 383 g/mol. The maximum atomic E-state index is 12.5. The topological polar surface area (TPSA) is 65.8 Å². The molecule has 0 spiro atoms. The largest absolute Gasteiger partial charge is 0.467 e. The van der Waals surface area contributed by atoms with Crippen molar-refractivity contribution in [3.05, 3.63) is 59.5 Å². The lowest BCUT2D eigenvalue weighted by Gasteiger charge is -2.18. The molecule has 2 heterocycles. The van der Waals surface area contributed by atoms with Crippen LogP contribution in [0.3, 0.4) is 0 Å². The molecule has 0 saturated carbocycles. The first-order valence-corrected chi connectivity index (χ1v) is 9.97. The van der Waals surface area contributed by atoms with E-state index in [1.807, 2.05) is 6.07 Å². The molecular formula is C22H29N3O3. The fraction of sp³-hybridized carbons (Fsp3) is 0.455. The van der Waals surface area contributed by atoms with Crippen LogP contribution in [-0.2, 0) is 29.2 Å². The highest BCUT2D eigenvalue weighted by molar-refractivity contribution is 5.89. The van der Waals surface area contributed by atoms with Crippen molar-refractivity contribution in [1.29, 1.82) is 0 Å². The molecule has 0 radical (unpaired) electrons. The zero-order valence-corrected chi connectivity index (χ0v) is 16.7. The molecule has 6 heteroatoms. The molecule has 2 amide bonds. The van der Waals surface area contributed by atoms with Crippen molar-refractivity contribution in [3.63, 3.8) is 0 Å². The summed E-state index contributed by atoms with van der Waals surface area (Å²) >= 11 is 0. The molecule has 1 fully saturated rings. The van der Waals surface area contributed by atoms with Gasteiger partial charge < -0.3 is 14.6 Å². The third-order valence-corrected chi connectivity index (χ3v) is 5.30. The Balaban J connectivity index is 1.47. The highest BCUT2D eigenvalue weighted by Crippen LogP contribution is 2.20. The van der Waals surface area contributed by atoms with Gasteiger partial charge in [-0.2, -0.15) is 0 Å². The normalized spacial score (nSPS) is 16.8. The highest BCUT2D eigenvalue weighted by Gasteiger charge is 2.34. The fourth-order valence-electron chi connectivity index (χ4n) is 3.49. The summed E-state index contributed by atoms with van der Waals surface area (Å²) in [5.74, 6) is 0.364. The van der Waals surface area contributed by atoms with Crippen molar-refractivity contribution in [2.45, 2.75) is 39.9 Å². The predicted molar refractivity (Wildman–Crippen MR) is 107 cm³/mol. The van der Waals surface area contributed by atoms with Crippen LogP contribution in [0.5, 0.6) is 0 Å². The Labute approximate surface area is 166 Å². The van der Waals surface area contributed by atoms with Crippen molar-refractivity contribution in [1.82, 2.24) is 15.1 Å². The average Bonchev–Trinajstić information content (AvgIpc) is 3.35. The first-order valence-electron chi connectivity index (χ1n) is 9.97. The number of carbonyl (C=O) groups excluding carboxylic acids is 2. The molecule has 1 aliphatic heterocycles. The van der Waals surface area contributed by atoms with Crippen LogP contribution in [0.15, 0.2) is 47.1 Å². The van der Waals surface area contributed by atoms with Crippen LogP contribution in [0, 0.1) is 5.92 Å². The number of nitrogens with one attached hydrogen (secondary N) is 1. The third-order valence-electron chi connectivity index (χ3n) is 5.30. The van der Waals surface area contributed by atoms with E-state index >= 15 is 0 Å². The van der Waals surface area contributed by atoms with Gasteiger partial charge in [-0.05, 0) is 36.3 Å². The van der Waals surface area contributed by atoms with Gasteiger partial charge in [0.2, 0.25) is 11.8 Å². The summed E-state index contributed by atoms with van der Waals surface area (Å²) in [7, 11) is 0. The van der Waals surface area contributed by atoms with Gasteiger partial charge in [-0.3, -0.25) is 14.5 Å². The minimum Gasteiger partial charge on any atom is -0.467 e. The molecule has 28 heavy (non-hydrogen) atoms. The molecule has 1 saturated heterocycles. The Kier molecular flexibility index (Phi) is 6.87. The summed E-state index contributed by atoms with van der Waals surface area (Å²) in [6.07, 6.45) is 1.85. The van der Waals surface area contributed by atoms with Crippen LogP contribution in [0.4, 0.5) is 0 Å². The smallest absolute Gasteiger partial charge is 0.225 e. The van der Waals surface area contributed by atoms with Crippen LogP contribution < -0.4 is 5.32 Å². The zero-order valence-electron chi connectivity index (χ0n) is 16.7. The number of carbonyl (C=O) groups is 2. The molecule has 1 atom stereocenters. The van der Waals surface area contributed by atoms with E-state index in [0.29, 0.717) is 19.6 Å². The second-order valence-electron chi connectivity index (χ2n) is 7.25. The second-order valence-corrected chi connectivity index (χ2v) is 7.25. The molecule has 3 rings (SSSR count). The first-order chi connectivity index (χ1) is 13.6. The standard InChI is InChI=1S/C22H29N3O3/c1-3-24(4-2)14-18-9-7-17(8-10-18)13-23-22(27)19-12-21(26)25(15-19)16-20-6-5-11-28-20/h5-11,19H,3-4,12-16H2,1-2H3,(H,23,27)/t19-/m0/s1. The zero-order chi connectivity index (χ0) is 19.9. The summed E-state index contributed by atoms with van der Waals surface area (Å²) in [6, 6.07) is 12.0. The van der Waals surface area contributed by atoms with Crippen molar-refractivity contribution in [2.75, 3.05) is 19.6 Å². The van der Waals surface area contributed by atoms with Gasteiger partial charge in [-0.25, -0.2) is 0 Å². The Morgan fingerprint density at radius 1 is 1.18 bits per heavy atom. The maximum absolute atomic E-state index is 12.5. The van der Waals surface area contributed by atoms with Crippen LogP contribution >= 0.6 is 0 Å². The molecule has 6 nitrogen and oxygen atoms in total. The molecule has 1 N–H and O–H groups in total. The molecule has 0 aliphatic carbocycles. The third kappa shape index (κ3) is 5.23. The van der Waals surface area contributed by atoms with Crippen molar-refractivity contribution in [3.8, 4) is 0 Å². The summed E-state index contributed by atoms with van der Waals surface area (Å²) in [5, 5.41) is 2.97. The lowest BCUT2D eigenvalue weighted by Crippen LogP contribution is -2.32. The first kappa shape index (κ1) is 20.1. The number of hydrogen-bond acceptors (Lipinski definition) is 4. The Bertz CT molecular complexity index is 767. The number of nitrogens with zero attached hydrogens (tertiary/aromatic N) is 2. The van der Waals surface area contributed by atoms with Gasteiger partial charge in [0, 0.05) is 26.1 Å². The molecular weight excluding hydrogens is 354 g/mol. The van der Waals surface area contributed by atoms with Crippen LogP contribution in [-0.4, -0.2) is 41.2 Å². The Hall–Kier alpha value is -2.60. The summed E-state index contributed by atoms with van der Waals surface area (Å²) in [5.41, 5.74) is 2.34. The van der Waals surface area contributed by atoms with Crippen LogP contribution in [0.2, 0.25) is 0 Å². The molecule has 1 aromatic heterocycles. The number of likely N-dealkylation sites (tertiary alicyclic amines) is 1. The van der Waals surface area contributed by atoms with Crippen LogP contribution in [0.25, 0.3) is 0 Å². The number of rotatable bonds is 9. The van der Waals surface area contributed by atoms with E-state index in [2.05, 4.69) is 48.3 Å². The highest BCUT2D eigenvalue weighted by atomic mass is 16.3. The fourth-order valence-corrected chi connectivity index (χ4v) is 3.49. The van der Waals surface area contributed by atoms with E-state index in [4.69, 9.17) is 4.42 Å². The lowest BCUT2D eigenvalue weighted by molar-refractivity contribution is -0.129. The number of hydrogen-bond donors (Lipinski definition) is 1. The molecule has 1 aliphatic rings. The monoisotopic (exact) mass is 383 g/mol. The number of benzene rings is 1. The SMILES string of the molecule is CCN(CC)Cc1ccc(CNC(=O)[C@H]2CC(=O)N(Cc3ccco3)C2)cc1. The Morgan fingerprint density at radius 3 is 2.54 bits per heavy atom. The maximum Gasteiger partial charge on any atom is 0.225 e. The van der Waals surface area contributed by atoms with Crippen molar-refractivity contribution >= 4 is 11.8 Å². The van der Waals surface area contributed by atoms with Crippen molar-refractivity contribution < 1.29 is 14.0 Å². The van der Waals surface area contributed by atoms with Gasteiger partial charge in [-0.1, -0.05) is 38.1 Å². The summed E-state index contributed by atoms with van der Waals surface area (Å²) in [4.78, 5) is 28.7. The summed E-state index contributed by atoms with van der Waals surface area (Å²) in [6.45, 7) is 8.67. The molecule has 1 aromatic carbocycles. The molecule has 0 unspecified atom stereocenters. The molecule has 150 valence electrons. The van der Waals surface area contributed by atoms with Gasteiger partial charge in [0.25, 0.3) is 0 Å². The molecule has 0 bridgehead atoms. The van der Waals surface area contributed by atoms with Crippen LogP contribution in [0.1, 0.15) is 37.2 Å². The van der Waals surface area contributed by atoms with E-state index < -0.39 is 0 Å². The van der Waals surface area contributed by atoms with Gasteiger partial charge in [0.15, 0.2) is 0 Å². The summed E-state index contributed by atoms with van der Waals surface area (Å²) < 4.78 is 5.30.